The van der Waals surface area contributed by atoms with Crippen molar-refractivity contribution in [3.8, 4) is 5.75 Å². The minimum absolute atomic E-state index is 0.0178. The van der Waals surface area contributed by atoms with Crippen molar-refractivity contribution in [2.45, 2.75) is 43.4 Å². The molecule has 0 saturated heterocycles. The highest BCUT2D eigenvalue weighted by Crippen LogP contribution is 2.55. The van der Waals surface area contributed by atoms with E-state index in [1.165, 1.54) is 31.1 Å². The summed E-state index contributed by atoms with van der Waals surface area (Å²) in [6.07, 6.45) is 0.503. The second kappa shape index (κ2) is 10.1. The molecule has 0 aromatic heterocycles. The zero-order chi connectivity index (χ0) is 30.1. The smallest absolute Gasteiger partial charge is 0.238 e. The number of anilines is 1. The number of phenols is 1. The molecule has 0 heterocycles. The molecule has 220 valence electrons. The van der Waals surface area contributed by atoms with Crippen LogP contribution in [0.1, 0.15) is 41.6 Å². The molecule has 0 radical (unpaired) electrons. The highest BCUT2D eigenvalue weighted by molar-refractivity contribution is 6.32. The monoisotopic (exact) mass is 570 g/mol. The fraction of sp³-hybridized carbons (Fsp3) is 0.571. The highest BCUT2D eigenvalue weighted by atomic mass is 16.3. The zero-order valence-electron chi connectivity index (χ0n) is 22.9. The molecule has 6 unspecified atom stereocenters. The number of benzene rings is 1. The molecule has 0 spiro atoms. The fourth-order valence-corrected chi connectivity index (χ4v) is 7.00. The molecule has 3 fully saturated rings. The van der Waals surface area contributed by atoms with Crippen LogP contribution in [0.4, 0.5) is 5.69 Å². The van der Waals surface area contributed by atoms with Crippen LogP contribution in [-0.4, -0.2) is 100 Å². The number of nitrogens with one attached hydrogen (secondary N) is 2. The number of aliphatic hydroxyl groups is 2. The number of carbonyl (C=O) groups is 6. The Kier molecular flexibility index (Phi) is 7.13. The van der Waals surface area contributed by atoms with Crippen LogP contribution in [0.2, 0.25) is 0 Å². The van der Waals surface area contributed by atoms with Gasteiger partial charge in [0, 0.05) is 5.92 Å². The first-order valence-electron chi connectivity index (χ1n) is 13.6. The molecule has 1 aromatic carbocycles. The number of nitrogens with zero attached hydrogens (tertiary/aromatic N) is 1. The number of hydrogen-bond acceptors (Lipinski definition) is 11. The Morgan fingerprint density at radius 3 is 2.37 bits per heavy atom. The van der Waals surface area contributed by atoms with Crippen LogP contribution in [0.15, 0.2) is 12.1 Å². The van der Waals surface area contributed by atoms with Gasteiger partial charge in [-0.1, -0.05) is 13.0 Å². The lowest BCUT2D eigenvalue weighted by atomic mass is 9.49. The van der Waals surface area contributed by atoms with E-state index in [2.05, 4.69) is 10.6 Å². The van der Waals surface area contributed by atoms with E-state index in [4.69, 9.17) is 5.73 Å². The van der Waals surface area contributed by atoms with Gasteiger partial charge in [-0.2, -0.15) is 0 Å². The third kappa shape index (κ3) is 4.30. The number of nitrogens with two attached hydrogens (primary N) is 1. The van der Waals surface area contributed by atoms with Crippen LogP contribution in [0.25, 0.3) is 0 Å². The minimum atomic E-state index is -3.06. The molecular weight excluding hydrogens is 536 g/mol. The maximum absolute atomic E-state index is 14.0. The average molecular weight is 571 g/mol. The number of phenolic OH excluding ortho intramolecular Hbond substituents is 1. The summed E-state index contributed by atoms with van der Waals surface area (Å²) in [7, 11) is 2.86. The molecule has 13 nitrogen and oxygen atoms in total. The van der Waals surface area contributed by atoms with Crippen molar-refractivity contribution in [2.75, 3.05) is 32.5 Å². The van der Waals surface area contributed by atoms with Crippen LogP contribution < -0.4 is 16.4 Å². The molecule has 41 heavy (non-hydrogen) atoms. The molecular formula is C28H34N4O9. The van der Waals surface area contributed by atoms with Crippen molar-refractivity contribution in [1.82, 2.24) is 10.2 Å². The van der Waals surface area contributed by atoms with Gasteiger partial charge in [0.2, 0.25) is 11.8 Å². The zero-order valence-corrected chi connectivity index (χ0v) is 22.9. The summed E-state index contributed by atoms with van der Waals surface area (Å²) in [5.74, 6) is -14.0. The standard InChI is InChI=1S/C28H34N4O9/c1-10-12-6-7-13(31-14(33)9-30-8-11-4-5-11)21(34)16(12)22(35)17-15(10)23(36)19-20(32(2)3)24(37)18(27(29)40)26(39)28(19,41)25(17)38/h6-7,10-11,15,17-20,23,30,34,36,41H,4-5,8-9H2,1-3H3,(H2,29,40)(H,31,33)/t10?,15?,17?,18?,19?,20-,23?,28-/m0/s1. The van der Waals surface area contributed by atoms with E-state index in [1.54, 1.807) is 6.92 Å². The first-order valence-corrected chi connectivity index (χ1v) is 13.6. The number of Topliss-reactive ketones (excluding diaryl/α,β-unsaturated/α-hetero) is 4. The number of amides is 2. The molecule has 0 bridgehead atoms. The lowest BCUT2D eigenvalue weighted by molar-refractivity contribution is -0.196. The Morgan fingerprint density at radius 2 is 1.78 bits per heavy atom. The van der Waals surface area contributed by atoms with Crippen molar-refractivity contribution >= 4 is 40.6 Å². The largest absolute Gasteiger partial charge is 0.505 e. The van der Waals surface area contributed by atoms with Crippen LogP contribution in [-0.2, 0) is 24.0 Å². The minimum Gasteiger partial charge on any atom is -0.505 e. The van der Waals surface area contributed by atoms with Gasteiger partial charge in [-0.15, -0.1) is 0 Å². The number of aliphatic hydroxyl groups excluding tert-OH is 1. The molecule has 4 aliphatic rings. The van der Waals surface area contributed by atoms with E-state index in [1.807, 2.05) is 0 Å². The van der Waals surface area contributed by atoms with Crippen molar-refractivity contribution in [3.05, 3.63) is 23.3 Å². The van der Waals surface area contributed by atoms with Crippen LogP contribution >= 0.6 is 0 Å². The predicted molar refractivity (Wildman–Crippen MR) is 142 cm³/mol. The van der Waals surface area contributed by atoms with Gasteiger partial charge in [-0.05, 0) is 56.9 Å². The fourth-order valence-electron chi connectivity index (χ4n) is 7.00. The van der Waals surface area contributed by atoms with Gasteiger partial charge in [0.25, 0.3) is 0 Å². The molecule has 8 atom stereocenters. The summed E-state index contributed by atoms with van der Waals surface area (Å²) in [4.78, 5) is 80.3. The first kappa shape index (κ1) is 29.0. The second-order valence-corrected chi connectivity index (χ2v) is 11.9. The summed E-state index contributed by atoms with van der Waals surface area (Å²) in [6, 6.07) is 1.49. The summed E-state index contributed by atoms with van der Waals surface area (Å²) in [6.45, 7) is 2.29. The lowest BCUT2D eigenvalue weighted by Gasteiger charge is -2.56. The van der Waals surface area contributed by atoms with Gasteiger partial charge in [0.15, 0.2) is 34.7 Å². The Bertz CT molecular complexity index is 1370. The third-order valence-electron chi connectivity index (χ3n) is 9.18. The quantitative estimate of drug-likeness (QED) is 0.161. The lowest BCUT2D eigenvalue weighted by Crippen LogP contribution is -2.77. The summed E-state index contributed by atoms with van der Waals surface area (Å²) in [5.41, 5.74) is 2.20. The maximum Gasteiger partial charge on any atom is 0.238 e. The molecule has 7 N–H and O–H groups in total. The van der Waals surface area contributed by atoms with Gasteiger partial charge in [0.1, 0.15) is 5.75 Å². The van der Waals surface area contributed by atoms with Gasteiger partial charge in [0.05, 0.1) is 41.8 Å². The molecule has 3 saturated carbocycles. The van der Waals surface area contributed by atoms with E-state index in [9.17, 15) is 44.1 Å². The van der Waals surface area contributed by atoms with Crippen LogP contribution in [0.5, 0.6) is 5.75 Å². The molecule has 2 amide bonds. The summed E-state index contributed by atoms with van der Waals surface area (Å²) >= 11 is 0. The van der Waals surface area contributed by atoms with Crippen molar-refractivity contribution in [1.29, 1.82) is 0 Å². The number of carbonyl (C=O) groups excluding carboxylic acids is 6. The van der Waals surface area contributed by atoms with Gasteiger partial charge in [-0.3, -0.25) is 33.7 Å². The van der Waals surface area contributed by atoms with Gasteiger partial charge in [-0.25, -0.2) is 0 Å². The average Bonchev–Trinajstić information content (AvgIpc) is 3.71. The number of aromatic hydroxyl groups is 1. The third-order valence-corrected chi connectivity index (χ3v) is 9.18. The predicted octanol–water partition coefficient (Wildman–Crippen LogP) is -1.66. The first-order chi connectivity index (χ1) is 19.2. The van der Waals surface area contributed by atoms with E-state index < -0.39 is 88.0 Å². The van der Waals surface area contributed by atoms with Crippen LogP contribution in [0, 0.1) is 29.6 Å². The SMILES string of the molecule is CC1c2ccc(NC(=O)CNCC3CC3)c(O)c2C(=O)C2C(=O)[C@]3(O)C(=O)C(C(N)=O)C(=O)[C@@H](N(C)C)C3C(O)C21. The number of likely N-dealkylation sites (N-methyl/N-ethyl adjacent to an activating group) is 1. The van der Waals surface area contributed by atoms with E-state index in [-0.39, 0.29) is 17.8 Å². The molecule has 0 aliphatic heterocycles. The van der Waals surface area contributed by atoms with Gasteiger partial charge >= 0.3 is 0 Å². The molecule has 13 heteroatoms. The number of hydrogen-bond donors (Lipinski definition) is 6. The molecule has 5 rings (SSSR count). The van der Waals surface area contributed by atoms with E-state index >= 15 is 0 Å². The van der Waals surface area contributed by atoms with Crippen molar-refractivity contribution in [3.63, 3.8) is 0 Å². The van der Waals surface area contributed by atoms with Crippen molar-refractivity contribution < 1.29 is 44.1 Å². The van der Waals surface area contributed by atoms with E-state index in [0.717, 1.165) is 12.8 Å². The molecule has 4 aliphatic carbocycles. The van der Waals surface area contributed by atoms with Crippen molar-refractivity contribution in [2.24, 2.45) is 35.3 Å². The number of fused-ring (bicyclic) bond motifs is 3. The maximum atomic E-state index is 14.0. The topological polar surface area (TPSA) is 216 Å². The van der Waals surface area contributed by atoms with Crippen LogP contribution in [0.3, 0.4) is 0 Å². The Labute approximate surface area is 235 Å². The second-order valence-electron chi connectivity index (χ2n) is 11.9. The molecule has 1 aromatic rings. The summed E-state index contributed by atoms with van der Waals surface area (Å²) < 4.78 is 0. The Balaban J connectivity index is 1.54. The number of primary amides is 1. The highest BCUT2D eigenvalue weighted by Gasteiger charge is 2.72. The number of ketones is 4. The van der Waals surface area contributed by atoms with Gasteiger partial charge < -0.3 is 31.7 Å². The Morgan fingerprint density at radius 1 is 1.12 bits per heavy atom. The Hall–Kier alpha value is -3.52. The summed E-state index contributed by atoms with van der Waals surface area (Å²) in [5, 5.41) is 39.9. The normalized spacial score (nSPS) is 34.6. The van der Waals surface area contributed by atoms with E-state index in [0.29, 0.717) is 18.0 Å². The number of rotatable bonds is 7.